The molecule has 0 aliphatic heterocycles. The highest BCUT2D eigenvalue weighted by molar-refractivity contribution is 5.95. The van der Waals surface area contributed by atoms with Crippen LogP contribution in [-0.4, -0.2) is 23.7 Å². The SMILES string of the molecule is Cc1ccc(C)c(C(=O)NCc2cccnc2OCC(F)(F)F)c1. The lowest BCUT2D eigenvalue weighted by Crippen LogP contribution is -2.25. The highest BCUT2D eigenvalue weighted by Gasteiger charge is 2.29. The Labute approximate surface area is 137 Å². The van der Waals surface area contributed by atoms with Gasteiger partial charge in [0, 0.05) is 23.9 Å². The van der Waals surface area contributed by atoms with Crippen LogP contribution in [0.1, 0.15) is 27.0 Å². The van der Waals surface area contributed by atoms with E-state index in [1.54, 1.807) is 18.2 Å². The fraction of sp³-hybridized carbons (Fsp3) is 0.294. The average Bonchev–Trinajstić information content (AvgIpc) is 2.53. The van der Waals surface area contributed by atoms with Crippen LogP contribution in [0.25, 0.3) is 0 Å². The van der Waals surface area contributed by atoms with Gasteiger partial charge in [0.05, 0.1) is 0 Å². The van der Waals surface area contributed by atoms with Crippen LogP contribution in [0.4, 0.5) is 13.2 Å². The van der Waals surface area contributed by atoms with Crippen molar-refractivity contribution in [1.29, 1.82) is 0 Å². The lowest BCUT2D eigenvalue weighted by Gasteiger charge is -2.13. The second kappa shape index (κ2) is 7.33. The lowest BCUT2D eigenvalue weighted by molar-refractivity contribution is -0.154. The topological polar surface area (TPSA) is 51.2 Å². The van der Waals surface area contributed by atoms with Crippen LogP contribution in [0, 0.1) is 13.8 Å². The zero-order chi connectivity index (χ0) is 17.7. The fourth-order valence-corrected chi connectivity index (χ4v) is 2.09. The van der Waals surface area contributed by atoms with Crippen LogP contribution >= 0.6 is 0 Å². The summed E-state index contributed by atoms with van der Waals surface area (Å²) in [6.45, 7) is 2.28. The molecule has 0 spiro atoms. The molecule has 7 heteroatoms. The van der Waals surface area contributed by atoms with E-state index in [-0.39, 0.29) is 18.3 Å². The van der Waals surface area contributed by atoms with Crippen LogP contribution in [0.3, 0.4) is 0 Å². The number of hydrogen-bond donors (Lipinski definition) is 1. The number of aromatic nitrogens is 1. The Morgan fingerprint density at radius 1 is 1.25 bits per heavy atom. The molecule has 0 aliphatic rings. The minimum Gasteiger partial charge on any atom is -0.468 e. The van der Waals surface area contributed by atoms with Crippen LogP contribution in [0.5, 0.6) is 5.88 Å². The number of aryl methyl sites for hydroxylation is 2. The second-order valence-corrected chi connectivity index (χ2v) is 5.37. The molecule has 1 amide bonds. The number of hydrogen-bond acceptors (Lipinski definition) is 3. The van der Waals surface area contributed by atoms with Crippen LogP contribution in [-0.2, 0) is 6.54 Å². The molecule has 2 rings (SSSR count). The van der Waals surface area contributed by atoms with E-state index in [2.05, 4.69) is 10.3 Å². The summed E-state index contributed by atoms with van der Waals surface area (Å²) in [5, 5.41) is 2.68. The number of alkyl halides is 3. The van der Waals surface area contributed by atoms with E-state index in [1.807, 2.05) is 26.0 Å². The van der Waals surface area contributed by atoms with Crippen molar-refractivity contribution in [3.05, 3.63) is 58.8 Å². The van der Waals surface area contributed by atoms with Gasteiger partial charge in [-0.25, -0.2) is 4.98 Å². The first kappa shape index (κ1) is 17.8. The number of carbonyl (C=O) groups is 1. The predicted molar refractivity (Wildman–Crippen MR) is 82.9 cm³/mol. The zero-order valence-corrected chi connectivity index (χ0v) is 13.3. The van der Waals surface area contributed by atoms with Crippen molar-refractivity contribution in [2.24, 2.45) is 0 Å². The van der Waals surface area contributed by atoms with Gasteiger partial charge in [-0.15, -0.1) is 0 Å². The van der Waals surface area contributed by atoms with Crippen molar-refractivity contribution in [3.63, 3.8) is 0 Å². The molecule has 0 unspecified atom stereocenters. The number of pyridine rings is 1. The van der Waals surface area contributed by atoms with E-state index in [0.717, 1.165) is 11.1 Å². The predicted octanol–water partition coefficient (Wildman–Crippen LogP) is 3.57. The van der Waals surface area contributed by atoms with E-state index in [4.69, 9.17) is 4.74 Å². The summed E-state index contributed by atoms with van der Waals surface area (Å²) < 4.78 is 41.5. The van der Waals surface area contributed by atoms with Crippen molar-refractivity contribution in [3.8, 4) is 5.88 Å². The first-order valence-corrected chi connectivity index (χ1v) is 7.25. The molecule has 1 heterocycles. The van der Waals surface area contributed by atoms with Gasteiger partial charge in [-0.3, -0.25) is 4.79 Å². The molecule has 0 aliphatic carbocycles. The Morgan fingerprint density at radius 3 is 2.71 bits per heavy atom. The van der Waals surface area contributed by atoms with Crippen molar-refractivity contribution in [2.45, 2.75) is 26.6 Å². The maximum absolute atomic E-state index is 12.3. The molecule has 0 radical (unpaired) electrons. The maximum atomic E-state index is 12.3. The first-order chi connectivity index (χ1) is 11.3. The van der Waals surface area contributed by atoms with Gasteiger partial charge in [-0.05, 0) is 31.5 Å². The molecule has 4 nitrogen and oxygen atoms in total. The quantitative estimate of drug-likeness (QED) is 0.907. The molecule has 0 atom stereocenters. The number of nitrogens with zero attached hydrogens (tertiary/aromatic N) is 1. The number of nitrogens with one attached hydrogen (secondary N) is 1. The molecule has 128 valence electrons. The minimum absolute atomic E-state index is 0.0211. The molecule has 0 bridgehead atoms. The second-order valence-electron chi connectivity index (χ2n) is 5.37. The number of halogens is 3. The molecular formula is C17H17F3N2O2. The highest BCUT2D eigenvalue weighted by atomic mass is 19.4. The monoisotopic (exact) mass is 338 g/mol. The molecule has 2 aromatic rings. The fourth-order valence-electron chi connectivity index (χ4n) is 2.09. The Hall–Kier alpha value is -2.57. The van der Waals surface area contributed by atoms with Gasteiger partial charge in [0.2, 0.25) is 5.88 Å². The third kappa shape index (κ3) is 4.97. The van der Waals surface area contributed by atoms with Gasteiger partial charge in [-0.1, -0.05) is 23.8 Å². The van der Waals surface area contributed by atoms with Crippen LogP contribution in [0.2, 0.25) is 0 Å². The van der Waals surface area contributed by atoms with Gasteiger partial charge in [-0.2, -0.15) is 13.2 Å². The average molecular weight is 338 g/mol. The number of rotatable bonds is 5. The van der Waals surface area contributed by atoms with E-state index in [9.17, 15) is 18.0 Å². The highest BCUT2D eigenvalue weighted by Crippen LogP contribution is 2.20. The van der Waals surface area contributed by atoms with Crippen LogP contribution < -0.4 is 10.1 Å². The Bertz CT molecular complexity index is 730. The third-order valence-electron chi connectivity index (χ3n) is 3.30. The standard InChI is InChI=1S/C17H17F3N2O2/c1-11-5-6-12(2)14(8-11)15(23)22-9-13-4-3-7-21-16(13)24-10-17(18,19)20/h3-8H,9-10H2,1-2H3,(H,22,23). The summed E-state index contributed by atoms with van der Waals surface area (Å²) >= 11 is 0. The normalized spacial score (nSPS) is 11.2. The molecule has 24 heavy (non-hydrogen) atoms. The van der Waals surface area contributed by atoms with Gasteiger partial charge < -0.3 is 10.1 Å². The van der Waals surface area contributed by atoms with Gasteiger partial charge >= 0.3 is 6.18 Å². The molecular weight excluding hydrogens is 321 g/mol. The Morgan fingerprint density at radius 2 is 2.00 bits per heavy atom. The number of carbonyl (C=O) groups excluding carboxylic acids is 1. The van der Waals surface area contributed by atoms with Crippen molar-refractivity contribution in [1.82, 2.24) is 10.3 Å². The number of amides is 1. The van der Waals surface area contributed by atoms with Crippen molar-refractivity contribution < 1.29 is 22.7 Å². The summed E-state index contributed by atoms with van der Waals surface area (Å²) in [7, 11) is 0. The first-order valence-electron chi connectivity index (χ1n) is 7.25. The summed E-state index contributed by atoms with van der Waals surface area (Å²) in [6.07, 6.45) is -3.11. The van der Waals surface area contributed by atoms with Gasteiger partial charge in [0.15, 0.2) is 6.61 Å². The van der Waals surface area contributed by atoms with E-state index in [1.165, 1.54) is 6.20 Å². The van der Waals surface area contributed by atoms with Gasteiger partial charge in [0.1, 0.15) is 0 Å². The smallest absolute Gasteiger partial charge is 0.422 e. The molecule has 1 aromatic heterocycles. The summed E-state index contributed by atoms with van der Waals surface area (Å²) in [5.41, 5.74) is 2.66. The largest absolute Gasteiger partial charge is 0.468 e. The van der Waals surface area contributed by atoms with Crippen molar-refractivity contribution in [2.75, 3.05) is 6.61 Å². The molecule has 1 aromatic carbocycles. The summed E-state index contributed by atoms with van der Waals surface area (Å²) in [5.74, 6) is -0.446. The van der Waals surface area contributed by atoms with E-state index < -0.39 is 12.8 Å². The van der Waals surface area contributed by atoms with E-state index >= 15 is 0 Å². The van der Waals surface area contributed by atoms with Crippen LogP contribution in [0.15, 0.2) is 36.5 Å². The minimum atomic E-state index is -4.45. The van der Waals surface area contributed by atoms with Gasteiger partial charge in [0.25, 0.3) is 5.91 Å². The molecule has 0 fully saturated rings. The van der Waals surface area contributed by atoms with E-state index in [0.29, 0.717) is 11.1 Å². The zero-order valence-electron chi connectivity index (χ0n) is 13.3. The lowest BCUT2D eigenvalue weighted by atomic mass is 10.1. The molecule has 0 saturated heterocycles. The summed E-state index contributed by atoms with van der Waals surface area (Å²) in [6, 6.07) is 8.62. The summed E-state index contributed by atoms with van der Waals surface area (Å²) in [4.78, 5) is 16.1. The molecule has 0 saturated carbocycles. The Kier molecular flexibility index (Phi) is 5.43. The van der Waals surface area contributed by atoms with Crippen molar-refractivity contribution >= 4 is 5.91 Å². The maximum Gasteiger partial charge on any atom is 0.422 e. The number of benzene rings is 1. The third-order valence-corrected chi connectivity index (χ3v) is 3.30. The Balaban J connectivity index is 2.06. The molecule has 1 N–H and O–H groups in total. The number of ether oxygens (including phenoxy) is 1.